The predicted octanol–water partition coefficient (Wildman–Crippen LogP) is 5.54. The molecule has 0 spiro atoms. The van der Waals surface area contributed by atoms with Crippen LogP contribution in [-0.2, 0) is 0 Å². The molecular weight excluding hydrogens is 358 g/mol. The molecule has 0 aliphatic heterocycles. The highest BCUT2D eigenvalue weighted by Gasteiger charge is 2.16. The lowest BCUT2D eigenvalue weighted by Gasteiger charge is -2.10. The minimum Gasteiger partial charge on any atom is -0.221 e. The second-order valence-corrected chi connectivity index (χ2v) is 7.04. The average Bonchev–Trinajstić information content (AvgIpc) is 2.63. The van der Waals surface area contributed by atoms with Crippen LogP contribution in [0.3, 0.4) is 0 Å². The van der Waals surface area contributed by atoms with Crippen molar-refractivity contribution in [3.05, 3.63) is 65.2 Å². The number of hydrogen-bond acceptors (Lipinski definition) is 5. The van der Waals surface area contributed by atoms with Crippen LogP contribution in [0.5, 0.6) is 0 Å². The first kappa shape index (κ1) is 16.8. The van der Waals surface area contributed by atoms with E-state index in [1.54, 1.807) is 0 Å². The SMILES string of the molecule is CSc1nc(Sc2ccc(Cl)cc2)c(C#N)c(-c2ccccc2)n1. The Morgan fingerprint density at radius 3 is 2.33 bits per heavy atom. The number of aromatic nitrogens is 2. The Labute approximate surface area is 154 Å². The van der Waals surface area contributed by atoms with E-state index in [0.29, 0.717) is 26.5 Å². The number of benzene rings is 2. The van der Waals surface area contributed by atoms with Crippen LogP contribution in [-0.4, -0.2) is 16.2 Å². The van der Waals surface area contributed by atoms with Gasteiger partial charge in [-0.2, -0.15) is 5.26 Å². The summed E-state index contributed by atoms with van der Waals surface area (Å²) in [6, 6.07) is 19.4. The number of halogens is 1. The first-order valence-corrected chi connectivity index (χ1v) is 9.48. The van der Waals surface area contributed by atoms with E-state index in [4.69, 9.17) is 11.6 Å². The van der Waals surface area contributed by atoms with Gasteiger partial charge >= 0.3 is 0 Å². The summed E-state index contributed by atoms with van der Waals surface area (Å²) in [5.74, 6) is 0. The average molecular weight is 370 g/mol. The molecule has 0 radical (unpaired) electrons. The molecule has 0 aliphatic carbocycles. The van der Waals surface area contributed by atoms with Gasteiger partial charge in [0.25, 0.3) is 0 Å². The van der Waals surface area contributed by atoms with Gasteiger partial charge in [-0.1, -0.05) is 65.5 Å². The van der Waals surface area contributed by atoms with Crippen molar-refractivity contribution in [3.63, 3.8) is 0 Å². The molecule has 0 amide bonds. The molecule has 3 aromatic rings. The maximum atomic E-state index is 9.68. The van der Waals surface area contributed by atoms with Gasteiger partial charge in [-0.15, -0.1) is 0 Å². The Balaban J connectivity index is 2.11. The number of nitrogens with zero attached hydrogens (tertiary/aromatic N) is 3. The van der Waals surface area contributed by atoms with Gasteiger partial charge in [-0.3, -0.25) is 0 Å². The predicted molar refractivity (Wildman–Crippen MR) is 99.5 cm³/mol. The molecule has 0 atom stereocenters. The summed E-state index contributed by atoms with van der Waals surface area (Å²) >= 11 is 8.83. The molecule has 6 heteroatoms. The van der Waals surface area contributed by atoms with E-state index < -0.39 is 0 Å². The summed E-state index contributed by atoms with van der Waals surface area (Å²) in [5, 5.41) is 11.6. The fourth-order valence-electron chi connectivity index (χ4n) is 2.11. The number of rotatable bonds is 4. The van der Waals surface area contributed by atoms with Crippen LogP contribution in [0.15, 0.2) is 69.7 Å². The van der Waals surface area contributed by atoms with Gasteiger partial charge < -0.3 is 0 Å². The van der Waals surface area contributed by atoms with Crippen molar-refractivity contribution in [3.8, 4) is 17.3 Å². The molecule has 0 fully saturated rings. The Bertz CT molecular complexity index is 891. The van der Waals surface area contributed by atoms with Crippen LogP contribution >= 0.6 is 35.1 Å². The zero-order valence-electron chi connectivity index (χ0n) is 12.7. The van der Waals surface area contributed by atoms with E-state index in [9.17, 15) is 5.26 Å². The topological polar surface area (TPSA) is 49.6 Å². The monoisotopic (exact) mass is 369 g/mol. The van der Waals surface area contributed by atoms with Gasteiger partial charge in [0.2, 0.25) is 0 Å². The third kappa shape index (κ3) is 3.73. The second kappa shape index (κ2) is 7.71. The molecule has 0 bridgehead atoms. The normalized spacial score (nSPS) is 10.4. The number of nitriles is 1. The Morgan fingerprint density at radius 2 is 1.71 bits per heavy atom. The lowest BCUT2D eigenvalue weighted by atomic mass is 10.1. The summed E-state index contributed by atoms with van der Waals surface area (Å²) in [6.07, 6.45) is 1.92. The molecule has 0 saturated carbocycles. The van der Waals surface area contributed by atoms with Crippen LogP contribution < -0.4 is 0 Å². The van der Waals surface area contributed by atoms with E-state index in [-0.39, 0.29) is 0 Å². The molecule has 3 nitrogen and oxygen atoms in total. The maximum absolute atomic E-state index is 9.68. The van der Waals surface area contributed by atoms with Gasteiger partial charge in [-0.25, -0.2) is 9.97 Å². The molecule has 3 rings (SSSR count). The zero-order valence-corrected chi connectivity index (χ0v) is 15.1. The minimum atomic E-state index is 0.485. The first-order chi connectivity index (χ1) is 11.7. The summed E-state index contributed by atoms with van der Waals surface area (Å²) < 4.78 is 0. The van der Waals surface area contributed by atoms with Crippen LogP contribution in [0.2, 0.25) is 5.02 Å². The summed E-state index contributed by atoms with van der Waals surface area (Å²) in [5.41, 5.74) is 2.05. The van der Waals surface area contributed by atoms with Crippen LogP contribution in [0.25, 0.3) is 11.3 Å². The van der Waals surface area contributed by atoms with Crippen molar-refractivity contribution in [2.24, 2.45) is 0 Å². The van der Waals surface area contributed by atoms with E-state index in [2.05, 4.69) is 16.0 Å². The van der Waals surface area contributed by atoms with Crippen molar-refractivity contribution < 1.29 is 0 Å². The Kier molecular flexibility index (Phi) is 5.41. The fraction of sp³-hybridized carbons (Fsp3) is 0.0556. The standard InChI is InChI=1S/C18H12ClN3S2/c1-23-18-21-16(12-5-3-2-4-6-12)15(11-20)17(22-18)24-14-9-7-13(19)8-10-14/h2-10H,1H3. The summed E-state index contributed by atoms with van der Waals surface area (Å²) in [7, 11) is 0. The lowest BCUT2D eigenvalue weighted by molar-refractivity contribution is 0.890. The van der Waals surface area contributed by atoms with Gasteiger partial charge in [0.05, 0.1) is 5.69 Å². The fourth-order valence-corrected chi connectivity index (χ4v) is 3.53. The summed E-state index contributed by atoms with van der Waals surface area (Å²) in [6.45, 7) is 0. The van der Waals surface area contributed by atoms with E-state index in [0.717, 1.165) is 10.5 Å². The van der Waals surface area contributed by atoms with Crippen molar-refractivity contribution in [2.45, 2.75) is 15.1 Å². The molecule has 24 heavy (non-hydrogen) atoms. The van der Waals surface area contributed by atoms with Gasteiger partial charge in [0.15, 0.2) is 5.16 Å². The van der Waals surface area contributed by atoms with Crippen LogP contribution in [0.4, 0.5) is 0 Å². The third-order valence-corrected chi connectivity index (χ3v) is 5.02. The van der Waals surface area contributed by atoms with Gasteiger partial charge in [0, 0.05) is 15.5 Å². The molecule has 1 heterocycles. The minimum absolute atomic E-state index is 0.485. The Hall–Kier alpha value is -2.00. The highest BCUT2D eigenvalue weighted by atomic mass is 35.5. The quantitative estimate of drug-likeness (QED) is 0.343. The van der Waals surface area contributed by atoms with E-state index >= 15 is 0 Å². The van der Waals surface area contributed by atoms with Crippen LogP contribution in [0.1, 0.15) is 5.56 Å². The largest absolute Gasteiger partial charge is 0.221 e. The molecule has 0 aliphatic rings. The van der Waals surface area contributed by atoms with Crippen molar-refractivity contribution >= 4 is 35.1 Å². The van der Waals surface area contributed by atoms with Crippen molar-refractivity contribution in [1.29, 1.82) is 5.26 Å². The maximum Gasteiger partial charge on any atom is 0.189 e. The van der Waals surface area contributed by atoms with Crippen molar-refractivity contribution in [2.75, 3.05) is 6.26 Å². The molecule has 118 valence electrons. The zero-order chi connectivity index (χ0) is 16.9. The smallest absolute Gasteiger partial charge is 0.189 e. The lowest BCUT2D eigenvalue weighted by Crippen LogP contribution is -1.98. The number of hydrogen-bond donors (Lipinski definition) is 0. The highest BCUT2D eigenvalue weighted by Crippen LogP contribution is 2.34. The molecule has 1 aromatic heterocycles. The first-order valence-electron chi connectivity index (χ1n) is 7.06. The number of thioether (sulfide) groups is 1. The van der Waals surface area contributed by atoms with Crippen LogP contribution in [0, 0.1) is 11.3 Å². The summed E-state index contributed by atoms with van der Waals surface area (Å²) in [4.78, 5) is 10.0. The second-order valence-electron chi connectivity index (χ2n) is 4.77. The van der Waals surface area contributed by atoms with E-state index in [1.165, 1.54) is 23.5 Å². The third-order valence-electron chi connectivity index (χ3n) is 3.23. The highest BCUT2D eigenvalue weighted by molar-refractivity contribution is 7.99. The Morgan fingerprint density at radius 1 is 1.00 bits per heavy atom. The van der Waals surface area contributed by atoms with E-state index in [1.807, 2.05) is 60.9 Å². The van der Waals surface area contributed by atoms with Crippen molar-refractivity contribution in [1.82, 2.24) is 9.97 Å². The molecule has 0 saturated heterocycles. The molecular formula is C18H12ClN3S2. The van der Waals surface area contributed by atoms with Gasteiger partial charge in [0.1, 0.15) is 16.7 Å². The molecule has 0 unspecified atom stereocenters. The molecule has 0 N–H and O–H groups in total. The van der Waals surface area contributed by atoms with Gasteiger partial charge in [-0.05, 0) is 30.5 Å². The molecule has 2 aromatic carbocycles.